The highest BCUT2D eigenvalue weighted by Crippen LogP contribution is 2.19. The van der Waals surface area contributed by atoms with Gasteiger partial charge in [0.15, 0.2) is 0 Å². The van der Waals surface area contributed by atoms with Crippen LogP contribution in [0.25, 0.3) is 5.69 Å². The summed E-state index contributed by atoms with van der Waals surface area (Å²) in [6, 6.07) is 7.41. The molecule has 0 bridgehead atoms. The first-order chi connectivity index (χ1) is 11.8. The lowest BCUT2D eigenvalue weighted by Gasteiger charge is -2.35. The molecule has 1 aliphatic rings. The van der Waals surface area contributed by atoms with Gasteiger partial charge in [-0.15, -0.1) is 0 Å². The Labute approximate surface area is 148 Å². The Morgan fingerprint density at radius 3 is 2.40 bits per heavy atom. The summed E-state index contributed by atoms with van der Waals surface area (Å²) in [5.41, 5.74) is 1.88. The van der Waals surface area contributed by atoms with Gasteiger partial charge < -0.3 is 9.30 Å². The van der Waals surface area contributed by atoms with Crippen molar-refractivity contribution in [1.29, 1.82) is 0 Å². The maximum atomic E-state index is 12.7. The smallest absolute Gasteiger partial charge is 0.280 e. The molecule has 3 unspecified atom stereocenters. The van der Waals surface area contributed by atoms with Crippen molar-refractivity contribution in [1.82, 2.24) is 18.6 Å². The number of hydrogen-bond donors (Lipinski definition) is 1. The van der Waals surface area contributed by atoms with Crippen molar-refractivity contribution in [2.75, 3.05) is 13.1 Å². The van der Waals surface area contributed by atoms with Crippen LogP contribution in [0, 0.1) is 0 Å². The molecule has 1 aromatic heterocycles. The van der Waals surface area contributed by atoms with Gasteiger partial charge in [-0.05, 0) is 38.5 Å². The van der Waals surface area contributed by atoms with Gasteiger partial charge in [0.05, 0.1) is 18.5 Å². The Morgan fingerprint density at radius 1 is 1.20 bits per heavy atom. The molecule has 0 amide bonds. The quantitative estimate of drug-likeness (QED) is 0.879. The van der Waals surface area contributed by atoms with Crippen molar-refractivity contribution in [2.24, 2.45) is 0 Å². The Balaban J connectivity index is 1.69. The number of aromatic nitrogens is 2. The molecule has 1 aliphatic heterocycles. The maximum Gasteiger partial charge on any atom is 0.280 e. The summed E-state index contributed by atoms with van der Waals surface area (Å²) in [5, 5.41) is 0. The summed E-state index contributed by atoms with van der Waals surface area (Å²) < 4.78 is 37.0. The number of nitrogens with one attached hydrogen (secondary N) is 1. The second kappa shape index (κ2) is 7.25. The molecular formula is C17H24N4O3S. The monoisotopic (exact) mass is 364 g/mol. The van der Waals surface area contributed by atoms with Gasteiger partial charge in [-0.3, -0.25) is 0 Å². The standard InChI is InChI=1S/C17H24N4O3S/c1-13-10-21(11-14(2)24-13)25(22,23)19-15(3)16-4-6-17(7-5-16)20-9-8-18-12-20/h4-9,12-15,19H,10-11H2,1-3H3. The molecule has 1 saturated heterocycles. The van der Waals surface area contributed by atoms with E-state index in [0.717, 1.165) is 11.3 Å². The van der Waals surface area contributed by atoms with Crippen molar-refractivity contribution in [3.8, 4) is 5.69 Å². The van der Waals surface area contributed by atoms with E-state index in [4.69, 9.17) is 4.74 Å². The Hall–Kier alpha value is -1.74. The Bertz CT molecular complexity index is 780. The number of imidazole rings is 1. The van der Waals surface area contributed by atoms with Gasteiger partial charge in [-0.25, -0.2) is 4.98 Å². The zero-order chi connectivity index (χ0) is 18.0. The van der Waals surface area contributed by atoms with Crippen LogP contribution in [0.3, 0.4) is 0 Å². The molecule has 2 heterocycles. The Kier molecular flexibility index (Phi) is 5.24. The highest BCUT2D eigenvalue weighted by Gasteiger charge is 2.31. The van der Waals surface area contributed by atoms with E-state index in [0.29, 0.717) is 13.1 Å². The Morgan fingerprint density at radius 2 is 1.84 bits per heavy atom. The van der Waals surface area contributed by atoms with Crippen LogP contribution >= 0.6 is 0 Å². The van der Waals surface area contributed by atoms with Gasteiger partial charge in [-0.2, -0.15) is 17.4 Å². The highest BCUT2D eigenvalue weighted by atomic mass is 32.2. The summed E-state index contributed by atoms with van der Waals surface area (Å²) in [5.74, 6) is 0. The third-order valence-corrected chi connectivity index (χ3v) is 5.88. The molecule has 1 aromatic carbocycles. The van der Waals surface area contributed by atoms with Gasteiger partial charge in [-0.1, -0.05) is 12.1 Å². The number of morpholine rings is 1. The SMILES string of the molecule is CC1CN(S(=O)(=O)NC(C)c2ccc(-n3ccnc3)cc2)CC(C)O1. The normalized spacial score (nSPS) is 23.5. The minimum absolute atomic E-state index is 0.106. The molecule has 25 heavy (non-hydrogen) atoms. The van der Waals surface area contributed by atoms with E-state index in [1.165, 1.54) is 4.31 Å². The summed E-state index contributed by atoms with van der Waals surface area (Å²) >= 11 is 0. The van der Waals surface area contributed by atoms with E-state index >= 15 is 0 Å². The van der Waals surface area contributed by atoms with Crippen LogP contribution in [0.15, 0.2) is 43.0 Å². The predicted molar refractivity (Wildman–Crippen MR) is 95.6 cm³/mol. The first kappa shape index (κ1) is 18.1. The molecule has 136 valence electrons. The minimum Gasteiger partial charge on any atom is -0.373 e. The molecule has 0 aliphatic carbocycles. The summed E-state index contributed by atoms with van der Waals surface area (Å²) in [7, 11) is -3.56. The van der Waals surface area contributed by atoms with Gasteiger partial charge in [0.1, 0.15) is 0 Å². The molecule has 0 spiro atoms. The van der Waals surface area contributed by atoms with Crippen molar-refractivity contribution >= 4 is 10.2 Å². The van der Waals surface area contributed by atoms with Crippen molar-refractivity contribution in [2.45, 2.75) is 39.0 Å². The van der Waals surface area contributed by atoms with Crippen molar-refractivity contribution in [3.63, 3.8) is 0 Å². The zero-order valence-electron chi connectivity index (χ0n) is 14.7. The van der Waals surface area contributed by atoms with Crippen LogP contribution in [0.1, 0.15) is 32.4 Å². The molecule has 0 saturated carbocycles. The third-order valence-electron chi connectivity index (χ3n) is 4.25. The zero-order valence-corrected chi connectivity index (χ0v) is 15.5. The number of rotatable bonds is 5. The fourth-order valence-corrected chi connectivity index (χ4v) is 4.58. The third kappa shape index (κ3) is 4.27. The van der Waals surface area contributed by atoms with Crippen LogP contribution in [0.2, 0.25) is 0 Å². The van der Waals surface area contributed by atoms with Gasteiger partial charge in [0.25, 0.3) is 10.2 Å². The fraction of sp³-hybridized carbons (Fsp3) is 0.471. The molecule has 3 atom stereocenters. The largest absolute Gasteiger partial charge is 0.373 e. The average Bonchev–Trinajstić information content (AvgIpc) is 3.08. The maximum absolute atomic E-state index is 12.7. The van der Waals surface area contributed by atoms with Gasteiger partial charge in [0.2, 0.25) is 0 Å². The van der Waals surface area contributed by atoms with E-state index in [2.05, 4.69) is 9.71 Å². The fourth-order valence-electron chi connectivity index (χ4n) is 3.04. The number of nitrogens with zero attached hydrogens (tertiary/aromatic N) is 3. The van der Waals surface area contributed by atoms with Crippen LogP contribution in [-0.2, 0) is 14.9 Å². The second-order valence-corrected chi connectivity index (χ2v) is 8.18. The molecule has 1 fully saturated rings. The number of ether oxygens (including phenoxy) is 1. The lowest BCUT2D eigenvalue weighted by molar-refractivity contribution is -0.0444. The molecule has 7 nitrogen and oxygen atoms in total. The molecule has 3 rings (SSSR count). The lowest BCUT2D eigenvalue weighted by atomic mass is 10.1. The lowest BCUT2D eigenvalue weighted by Crippen LogP contribution is -2.52. The van der Waals surface area contributed by atoms with E-state index in [1.54, 1.807) is 12.5 Å². The first-order valence-electron chi connectivity index (χ1n) is 8.36. The molecule has 8 heteroatoms. The second-order valence-electron chi connectivity index (χ2n) is 6.48. The van der Waals surface area contributed by atoms with Crippen molar-refractivity contribution < 1.29 is 13.2 Å². The molecule has 2 aromatic rings. The van der Waals surface area contributed by atoms with Crippen molar-refractivity contribution in [3.05, 3.63) is 48.5 Å². The van der Waals surface area contributed by atoms with E-state index in [9.17, 15) is 8.42 Å². The first-order valence-corrected chi connectivity index (χ1v) is 9.80. The number of benzene rings is 1. The average molecular weight is 364 g/mol. The minimum atomic E-state index is -3.56. The summed E-state index contributed by atoms with van der Waals surface area (Å²) in [4.78, 5) is 4.02. The van der Waals surface area contributed by atoms with Crippen LogP contribution < -0.4 is 4.72 Å². The van der Waals surface area contributed by atoms with Crippen LogP contribution in [0.4, 0.5) is 0 Å². The van der Waals surface area contributed by atoms with Crippen LogP contribution in [-0.4, -0.2) is 47.6 Å². The van der Waals surface area contributed by atoms with Gasteiger partial charge in [0, 0.05) is 37.2 Å². The summed E-state index contributed by atoms with van der Waals surface area (Å²) in [6.45, 7) is 6.35. The predicted octanol–water partition coefficient (Wildman–Crippen LogP) is 1.88. The summed E-state index contributed by atoms with van der Waals surface area (Å²) in [6.07, 6.45) is 5.09. The highest BCUT2D eigenvalue weighted by molar-refractivity contribution is 7.87. The van der Waals surface area contributed by atoms with Gasteiger partial charge >= 0.3 is 0 Å². The molecule has 1 N–H and O–H groups in total. The van der Waals surface area contributed by atoms with E-state index in [1.807, 2.05) is 55.8 Å². The topological polar surface area (TPSA) is 76.5 Å². The molecular weight excluding hydrogens is 340 g/mol. The molecule has 0 radical (unpaired) electrons. The van der Waals surface area contributed by atoms with Crippen LogP contribution in [0.5, 0.6) is 0 Å². The van der Waals surface area contributed by atoms with E-state index < -0.39 is 10.2 Å². The number of hydrogen-bond acceptors (Lipinski definition) is 4. The van der Waals surface area contributed by atoms with E-state index in [-0.39, 0.29) is 18.2 Å².